The summed E-state index contributed by atoms with van der Waals surface area (Å²) in [7, 11) is 0. The van der Waals surface area contributed by atoms with E-state index in [-0.39, 0.29) is 0 Å². The van der Waals surface area contributed by atoms with Crippen molar-refractivity contribution in [3.05, 3.63) is 42.4 Å². The Balaban J connectivity index is 2.33. The molecule has 0 spiro atoms. The summed E-state index contributed by atoms with van der Waals surface area (Å²) in [6.07, 6.45) is 0.739. The first-order chi connectivity index (χ1) is 5.43. The van der Waals surface area contributed by atoms with Gasteiger partial charge < -0.3 is 10.1 Å². The molecule has 57 valence electrons. The monoisotopic (exact) mass is 148 g/mol. The number of aldehydes is 1. The predicted octanol–water partition coefficient (Wildman–Crippen LogP) is 1.14. The minimum Gasteiger partial charge on any atom is -0.302 e. The van der Waals surface area contributed by atoms with Gasteiger partial charge in [0.1, 0.15) is 6.29 Å². The second kappa shape index (κ2) is 4.63. The molecule has 0 aliphatic heterocycles. The average molecular weight is 148 g/mol. The lowest BCUT2D eigenvalue weighted by molar-refractivity contribution is -0.105. The maximum atomic E-state index is 9.88. The van der Waals surface area contributed by atoms with Crippen molar-refractivity contribution in [3.8, 4) is 0 Å². The fourth-order valence-electron chi connectivity index (χ4n) is 0.821. The molecular formula is C9H10NO. The van der Waals surface area contributed by atoms with E-state index in [4.69, 9.17) is 0 Å². The second-order valence-electron chi connectivity index (χ2n) is 2.17. The summed E-state index contributed by atoms with van der Waals surface area (Å²) in [5.74, 6) is 0. The Labute approximate surface area is 66.2 Å². The van der Waals surface area contributed by atoms with Gasteiger partial charge in [-0.05, 0) is 5.56 Å². The van der Waals surface area contributed by atoms with Crippen LogP contribution in [0.4, 0.5) is 0 Å². The summed E-state index contributed by atoms with van der Waals surface area (Å²) < 4.78 is 0. The van der Waals surface area contributed by atoms with E-state index >= 15 is 0 Å². The third-order valence-electron chi connectivity index (χ3n) is 1.33. The van der Waals surface area contributed by atoms with E-state index < -0.39 is 0 Å². The molecule has 2 nitrogen and oxygen atoms in total. The molecule has 0 heterocycles. The van der Waals surface area contributed by atoms with Crippen molar-refractivity contribution in [1.82, 2.24) is 5.32 Å². The van der Waals surface area contributed by atoms with Gasteiger partial charge in [0.25, 0.3) is 0 Å². The molecule has 0 saturated carbocycles. The fraction of sp³-hybridized carbons (Fsp3) is 0.111. The highest BCUT2D eigenvalue weighted by Gasteiger charge is 1.87. The lowest BCUT2D eigenvalue weighted by Gasteiger charge is -1.98. The summed E-state index contributed by atoms with van der Waals surface area (Å²) in [5, 5.41) is 2.86. The molecule has 0 saturated heterocycles. The zero-order chi connectivity index (χ0) is 7.94. The molecule has 1 radical (unpaired) electrons. The van der Waals surface area contributed by atoms with Crippen LogP contribution in [0.15, 0.2) is 30.3 Å². The number of hydrogen-bond acceptors (Lipinski definition) is 2. The average Bonchev–Trinajstić information content (AvgIpc) is 2.07. The molecule has 11 heavy (non-hydrogen) atoms. The molecule has 0 bridgehead atoms. The predicted molar refractivity (Wildman–Crippen MR) is 43.6 cm³/mol. The van der Waals surface area contributed by atoms with E-state index in [1.165, 1.54) is 12.1 Å². The van der Waals surface area contributed by atoms with Gasteiger partial charge in [-0.3, -0.25) is 0 Å². The molecule has 1 N–H and O–H groups in total. The van der Waals surface area contributed by atoms with Crippen LogP contribution < -0.4 is 5.32 Å². The molecule has 1 aromatic rings. The second-order valence-corrected chi connectivity index (χ2v) is 2.17. The normalized spacial score (nSPS) is 9.45. The van der Waals surface area contributed by atoms with Crippen molar-refractivity contribution in [2.45, 2.75) is 6.54 Å². The van der Waals surface area contributed by atoms with Crippen LogP contribution in [-0.4, -0.2) is 6.29 Å². The summed E-state index contributed by atoms with van der Waals surface area (Å²) in [5.41, 5.74) is 1.17. The number of hydrogen-bond donors (Lipinski definition) is 1. The summed E-state index contributed by atoms with van der Waals surface area (Å²) in [6, 6.07) is 9.92. The van der Waals surface area contributed by atoms with Crippen LogP contribution in [0.2, 0.25) is 0 Å². The molecule has 0 amide bonds. The molecule has 1 rings (SSSR count). The first-order valence-electron chi connectivity index (χ1n) is 3.48. The molecule has 0 aromatic heterocycles. The summed E-state index contributed by atoms with van der Waals surface area (Å²) in [6.45, 7) is 2.10. The smallest absolute Gasteiger partial charge is 0.138 e. The highest BCUT2D eigenvalue weighted by atomic mass is 16.1. The minimum atomic E-state index is 0.708. The van der Waals surface area contributed by atoms with Gasteiger partial charge in [0.2, 0.25) is 0 Å². The Morgan fingerprint density at radius 1 is 1.27 bits per heavy atom. The van der Waals surface area contributed by atoms with Crippen LogP contribution in [0, 0.1) is 6.54 Å². The van der Waals surface area contributed by atoms with Crippen molar-refractivity contribution in [2.24, 2.45) is 0 Å². The van der Waals surface area contributed by atoms with Gasteiger partial charge in [-0.15, -0.1) is 0 Å². The molecule has 0 fully saturated rings. The van der Waals surface area contributed by atoms with Crippen LogP contribution in [0.1, 0.15) is 5.56 Å². The van der Waals surface area contributed by atoms with Crippen molar-refractivity contribution in [3.63, 3.8) is 0 Å². The van der Waals surface area contributed by atoms with Crippen molar-refractivity contribution < 1.29 is 4.79 Å². The number of carbonyl (C=O) groups excluding carboxylic acids is 1. The van der Waals surface area contributed by atoms with E-state index in [0.717, 1.165) is 6.29 Å². The van der Waals surface area contributed by atoms with Gasteiger partial charge in [0, 0.05) is 6.54 Å². The van der Waals surface area contributed by atoms with E-state index in [1.807, 2.05) is 30.3 Å². The van der Waals surface area contributed by atoms with Gasteiger partial charge in [0.05, 0.1) is 6.54 Å². The SMILES string of the molecule is O=C[CH]NCc1ccccc1. The fourth-order valence-corrected chi connectivity index (χ4v) is 0.821. The maximum Gasteiger partial charge on any atom is 0.138 e. The zero-order valence-electron chi connectivity index (χ0n) is 6.16. The maximum absolute atomic E-state index is 9.88. The molecule has 0 atom stereocenters. The van der Waals surface area contributed by atoms with Crippen LogP contribution in [0.25, 0.3) is 0 Å². The van der Waals surface area contributed by atoms with Crippen molar-refractivity contribution >= 4 is 6.29 Å². The van der Waals surface area contributed by atoms with E-state index in [1.54, 1.807) is 0 Å². The Bertz CT molecular complexity index is 208. The van der Waals surface area contributed by atoms with Crippen molar-refractivity contribution in [1.29, 1.82) is 0 Å². The number of carbonyl (C=O) groups is 1. The standard InChI is InChI=1S/C9H10NO/c11-7-6-10-8-9-4-2-1-3-5-9/h1-7,10H,8H2. The molecule has 1 aromatic carbocycles. The van der Waals surface area contributed by atoms with E-state index in [9.17, 15) is 4.79 Å². The first kappa shape index (κ1) is 7.95. The Morgan fingerprint density at radius 2 is 2.00 bits per heavy atom. The Hall–Kier alpha value is -1.15. The topological polar surface area (TPSA) is 29.1 Å². The van der Waals surface area contributed by atoms with Crippen molar-refractivity contribution in [2.75, 3.05) is 0 Å². The molecule has 0 aliphatic carbocycles. The number of nitrogens with one attached hydrogen (secondary N) is 1. The Kier molecular flexibility index (Phi) is 3.35. The third kappa shape index (κ3) is 2.96. The van der Waals surface area contributed by atoms with Crippen LogP contribution in [0.5, 0.6) is 0 Å². The third-order valence-corrected chi connectivity index (χ3v) is 1.33. The minimum absolute atomic E-state index is 0.708. The molecular weight excluding hydrogens is 138 g/mol. The highest BCUT2D eigenvalue weighted by molar-refractivity contribution is 5.59. The van der Waals surface area contributed by atoms with Gasteiger partial charge in [-0.25, -0.2) is 0 Å². The largest absolute Gasteiger partial charge is 0.302 e. The number of benzene rings is 1. The van der Waals surface area contributed by atoms with Gasteiger partial charge >= 0.3 is 0 Å². The van der Waals surface area contributed by atoms with Gasteiger partial charge in [-0.2, -0.15) is 0 Å². The first-order valence-corrected chi connectivity index (χ1v) is 3.48. The molecule has 2 heteroatoms. The lowest BCUT2D eigenvalue weighted by atomic mass is 10.2. The quantitative estimate of drug-likeness (QED) is 0.512. The lowest BCUT2D eigenvalue weighted by Crippen LogP contribution is -2.09. The van der Waals surface area contributed by atoms with Crippen LogP contribution in [0.3, 0.4) is 0 Å². The molecule has 0 unspecified atom stereocenters. The highest BCUT2D eigenvalue weighted by Crippen LogP contribution is 1.96. The summed E-state index contributed by atoms with van der Waals surface area (Å²) in [4.78, 5) is 9.88. The van der Waals surface area contributed by atoms with Crippen LogP contribution in [-0.2, 0) is 11.3 Å². The van der Waals surface area contributed by atoms with Gasteiger partial charge in [-0.1, -0.05) is 30.3 Å². The zero-order valence-corrected chi connectivity index (χ0v) is 6.16. The number of rotatable bonds is 4. The molecule has 0 aliphatic rings. The van der Waals surface area contributed by atoms with Gasteiger partial charge in [0.15, 0.2) is 0 Å². The summed E-state index contributed by atoms with van der Waals surface area (Å²) >= 11 is 0. The Morgan fingerprint density at radius 3 is 2.64 bits per heavy atom. The van der Waals surface area contributed by atoms with E-state index in [2.05, 4.69) is 5.32 Å². The van der Waals surface area contributed by atoms with Crippen LogP contribution >= 0.6 is 0 Å². The van der Waals surface area contributed by atoms with E-state index in [0.29, 0.717) is 6.54 Å².